The van der Waals surface area contributed by atoms with Crippen molar-refractivity contribution in [1.29, 1.82) is 0 Å². The van der Waals surface area contributed by atoms with Gasteiger partial charge in [-0.1, -0.05) is 204 Å². The summed E-state index contributed by atoms with van der Waals surface area (Å²) in [6, 6.07) is 0. The fourth-order valence-corrected chi connectivity index (χ4v) is 7.40. The number of nitrogens with zero attached hydrogens (tertiary/aromatic N) is 1. The summed E-state index contributed by atoms with van der Waals surface area (Å²) in [6.45, 7) is 3.98. The van der Waals surface area contributed by atoms with Crippen molar-refractivity contribution in [1.82, 2.24) is 0 Å². The molecule has 0 aromatic rings. The van der Waals surface area contributed by atoms with E-state index in [9.17, 15) is 19.0 Å². The number of carbonyl (C=O) groups excluding carboxylic acids is 2. The third-order valence-corrected chi connectivity index (χ3v) is 12.0. The molecule has 0 spiro atoms. The summed E-state index contributed by atoms with van der Waals surface area (Å²) in [5.41, 5.74) is 0. The Morgan fingerprint density at radius 3 is 1.19 bits per heavy atom. The van der Waals surface area contributed by atoms with Gasteiger partial charge < -0.3 is 27.9 Å². The van der Waals surface area contributed by atoms with Gasteiger partial charge in [-0.15, -0.1) is 0 Å². The summed E-state index contributed by atoms with van der Waals surface area (Å²) in [4.78, 5) is 37.6. The molecule has 0 fully saturated rings. The first-order valence-corrected chi connectivity index (χ1v) is 29.7. The van der Waals surface area contributed by atoms with Crippen LogP contribution in [0.4, 0.5) is 0 Å². The lowest BCUT2D eigenvalue weighted by atomic mass is 10.1. The van der Waals surface area contributed by atoms with Crippen molar-refractivity contribution in [2.24, 2.45) is 0 Å². The van der Waals surface area contributed by atoms with Crippen molar-refractivity contribution in [2.45, 2.75) is 187 Å². The van der Waals surface area contributed by atoms with Gasteiger partial charge in [-0.2, -0.15) is 0 Å². The van der Waals surface area contributed by atoms with Crippen LogP contribution in [0.3, 0.4) is 0 Å². The highest BCUT2D eigenvalue weighted by Gasteiger charge is 2.21. The topological polar surface area (TPSA) is 111 Å². The molecular formula is C64H102NO8P. The third-order valence-electron chi connectivity index (χ3n) is 11.0. The molecule has 0 saturated carbocycles. The van der Waals surface area contributed by atoms with E-state index in [1.54, 1.807) is 0 Å². The minimum atomic E-state index is -4.65. The first kappa shape index (κ1) is 69.6. The van der Waals surface area contributed by atoms with Crippen LogP contribution in [0.2, 0.25) is 0 Å². The number of carbonyl (C=O) groups is 2. The fraction of sp³-hybridized carbons (Fsp3) is 0.562. The smallest absolute Gasteiger partial charge is 0.306 e. The van der Waals surface area contributed by atoms with Gasteiger partial charge in [-0.3, -0.25) is 14.2 Å². The summed E-state index contributed by atoms with van der Waals surface area (Å²) >= 11 is 0. The SMILES string of the molecule is CC/C=C\C/C=C\C/C=C\C/C=C\C/C=C\C/C=C\C/C=C\C/C=C\C/C=C\C/C=C\C/C=C\C/C=C\CCCCC(=O)OC(COC(=O)CCCCCCC/C=C\CCCC)COP(=O)([O-])OCC[N+](C)(C)C. The Morgan fingerprint density at radius 2 is 0.770 bits per heavy atom. The molecule has 74 heavy (non-hydrogen) atoms. The normalized spacial score (nSPS) is 14.5. The van der Waals surface area contributed by atoms with Gasteiger partial charge in [-0.05, 0) is 122 Å². The molecule has 0 rings (SSSR count). The van der Waals surface area contributed by atoms with E-state index in [0.717, 1.165) is 128 Å². The number of allylic oxidation sites excluding steroid dienone is 26. The molecule has 10 heteroatoms. The molecule has 0 saturated heterocycles. The second-order valence-electron chi connectivity index (χ2n) is 19.2. The van der Waals surface area contributed by atoms with Gasteiger partial charge in [0.2, 0.25) is 0 Å². The van der Waals surface area contributed by atoms with Crippen LogP contribution in [0.25, 0.3) is 0 Å². The van der Waals surface area contributed by atoms with Crippen LogP contribution in [0.15, 0.2) is 158 Å². The van der Waals surface area contributed by atoms with Gasteiger partial charge in [0.15, 0.2) is 6.10 Å². The van der Waals surface area contributed by atoms with Gasteiger partial charge in [0.1, 0.15) is 19.8 Å². The maximum absolute atomic E-state index is 12.7. The molecule has 0 heterocycles. The highest BCUT2D eigenvalue weighted by atomic mass is 31.2. The van der Waals surface area contributed by atoms with E-state index in [1.165, 1.54) is 12.8 Å². The summed E-state index contributed by atoms with van der Waals surface area (Å²) in [6.07, 6.45) is 80.3. The number of unbranched alkanes of at least 4 members (excludes halogenated alkanes) is 9. The second kappa shape index (κ2) is 53.5. The van der Waals surface area contributed by atoms with E-state index in [4.69, 9.17) is 18.5 Å². The van der Waals surface area contributed by atoms with E-state index in [1.807, 2.05) is 21.1 Å². The Bertz CT molecular complexity index is 1800. The van der Waals surface area contributed by atoms with E-state index >= 15 is 0 Å². The summed E-state index contributed by atoms with van der Waals surface area (Å²) in [5, 5.41) is 0. The molecule has 2 atom stereocenters. The molecule has 416 valence electrons. The standard InChI is InChI=1S/C64H102NO8P/c1-6-8-10-12-14-16-18-19-20-21-22-23-24-25-26-27-28-29-30-31-32-33-34-35-36-37-38-39-40-41-42-43-44-45-47-49-51-53-55-57-64(67)73-62(61-72-74(68,69)71-59-58-65(3,4)5)60-70-63(66)56-54-52-50-48-46-17-15-13-11-9-7-2/h8,10,13-16,19-20,22-23,25-26,28-29,31-32,34-35,37-38,40-41,43-44,47,49,62H,6-7,9,11-12,17-18,21,24,27,30,33,36,39,42,45-46,48,50-61H2,1-5H3/b10-8-,15-13-,16-14-,20-19-,23-22-,26-25-,29-28-,32-31-,35-34-,38-37-,41-40-,44-43-,49-47-. The fourth-order valence-electron chi connectivity index (χ4n) is 6.67. The Labute approximate surface area is 452 Å². The van der Waals surface area contributed by atoms with Gasteiger partial charge in [-0.25, -0.2) is 0 Å². The van der Waals surface area contributed by atoms with Crippen molar-refractivity contribution in [2.75, 3.05) is 47.5 Å². The molecule has 0 aliphatic rings. The summed E-state index contributed by atoms with van der Waals surface area (Å²) < 4.78 is 33.9. The molecule has 0 N–H and O–H groups in total. The zero-order valence-electron chi connectivity index (χ0n) is 47.0. The Balaban J connectivity index is 4.23. The predicted molar refractivity (Wildman–Crippen MR) is 313 cm³/mol. The van der Waals surface area contributed by atoms with Crippen molar-refractivity contribution in [3.8, 4) is 0 Å². The number of hydrogen-bond donors (Lipinski definition) is 0. The number of hydrogen-bond acceptors (Lipinski definition) is 8. The summed E-state index contributed by atoms with van der Waals surface area (Å²) in [5.74, 6) is -0.912. The molecule has 2 unspecified atom stereocenters. The molecule has 0 aliphatic carbocycles. The Kier molecular flexibility index (Phi) is 50.3. The number of likely N-dealkylation sites (N-methyl/N-ethyl adjacent to an activating group) is 1. The second-order valence-corrected chi connectivity index (χ2v) is 20.6. The minimum absolute atomic E-state index is 0.0493. The molecule has 0 bridgehead atoms. The molecule has 0 aromatic heterocycles. The number of phosphoric ester groups is 1. The number of phosphoric acid groups is 1. The van der Waals surface area contributed by atoms with Crippen LogP contribution in [-0.4, -0.2) is 70.0 Å². The van der Waals surface area contributed by atoms with E-state index < -0.39 is 32.5 Å². The lowest BCUT2D eigenvalue weighted by Gasteiger charge is -2.28. The Morgan fingerprint density at radius 1 is 0.432 bits per heavy atom. The quantitative estimate of drug-likeness (QED) is 0.0195. The highest BCUT2D eigenvalue weighted by Crippen LogP contribution is 2.38. The zero-order chi connectivity index (χ0) is 54.2. The van der Waals surface area contributed by atoms with Crippen LogP contribution in [-0.2, 0) is 32.7 Å². The monoisotopic (exact) mass is 1040 g/mol. The third kappa shape index (κ3) is 56.9. The minimum Gasteiger partial charge on any atom is -0.756 e. The van der Waals surface area contributed by atoms with Crippen LogP contribution >= 0.6 is 7.82 Å². The average molecular weight is 1040 g/mol. The average Bonchev–Trinajstić information content (AvgIpc) is 3.36. The van der Waals surface area contributed by atoms with E-state index in [-0.39, 0.29) is 26.1 Å². The Hall–Kier alpha value is -4.37. The van der Waals surface area contributed by atoms with Crippen LogP contribution in [0, 0.1) is 0 Å². The van der Waals surface area contributed by atoms with Crippen LogP contribution in [0.5, 0.6) is 0 Å². The molecule has 0 amide bonds. The van der Waals surface area contributed by atoms with Crippen molar-refractivity contribution in [3.63, 3.8) is 0 Å². The molecule has 9 nitrogen and oxygen atoms in total. The summed E-state index contributed by atoms with van der Waals surface area (Å²) in [7, 11) is 1.11. The number of quaternary nitrogens is 1. The van der Waals surface area contributed by atoms with Crippen molar-refractivity contribution in [3.05, 3.63) is 158 Å². The molecular weight excluding hydrogens is 942 g/mol. The highest BCUT2D eigenvalue weighted by molar-refractivity contribution is 7.45. The van der Waals surface area contributed by atoms with Gasteiger partial charge >= 0.3 is 11.9 Å². The number of ether oxygens (including phenoxy) is 2. The number of rotatable bonds is 49. The molecule has 0 radical (unpaired) electrons. The lowest BCUT2D eigenvalue weighted by Crippen LogP contribution is -2.37. The lowest BCUT2D eigenvalue weighted by molar-refractivity contribution is -0.870. The zero-order valence-corrected chi connectivity index (χ0v) is 47.9. The van der Waals surface area contributed by atoms with Gasteiger partial charge in [0.05, 0.1) is 27.7 Å². The largest absolute Gasteiger partial charge is 0.756 e. The van der Waals surface area contributed by atoms with Crippen molar-refractivity contribution >= 4 is 19.8 Å². The number of esters is 2. The predicted octanol–water partition coefficient (Wildman–Crippen LogP) is 17.1. The van der Waals surface area contributed by atoms with Crippen LogP contribution < -0.4 is 4.89 Å². The van der Waals surface area contributed by atoms with Crippen molar-refractivity contribution < 1.29 is 42.1 Å². The maximum atomic E-state index is 12.7. The van der Waals surface area contributed by atoms with E-state index in [2.05, 4.69) is 172 Å². The molecule has 0 aliphatic heterocycles. The van der Waals surface area contributed by atoms with Gasteiger partial charge in [0, 0.05) is 12.8 Å². The van der Waals surface area contributed by atoms with E-state index in [0.29, 0.717) is 23.9 Å². The first-order chi connectivity index (χ1) is 36.0. The van der Waals surface area contributed by atoms with Crippen LogP contribution in [0.1, 0.15) is 181 Å². The maximum Gasteiger partial charge on any atom is 0.306 e. The molecule has 0 aromatic carbocycles. The van der Waals surface area contributed by atoms with Gasteiger partial charge in [0.25, 0.3) is 7.82 Å². The first-order valence-electron chi connectivity index (χ1n) is 28.2.